The van der Waals surface area contributed by atoms with Gasteiger partial charge >= 0.3 is 0 Å². The Balaban J connectivity index is 1.63. The van der Waals surface area contributed by atoms with Crippen LogP contribution in [0.5, 0.6) is 0 Å². The van der Waals surface area contributed by atoms with Gasteiger partial charge in [0.15, 0.2) is 5.82 Å². The van der Waals surface area contributed by atoms with E-state index in [1.165, 1.54) is 5.56 Å². The SMILES string of the molecule is Cc1nc2c(C(N)=O)cccn2c1-c1nc2c(c(NCc3ccccc3)n1)CCOCC2. The molecule has 1 aromatic carbocycles. The van der Waals surface area contributed by atoms with Gasteiger partial charge in [-0.15, -0.1) is 0 Å². The van der Waals surface area contributed by atoms with Crippen LogP contribution in [0.3, 0.4) is 0 Å². The van der Waals surface area contributed by atoms with Crippen LogP contribution < -0.4 is 11.1 Å². The number of imidazole rings is 1. The molecule has 0 aliphatic carbocycles. The maximum atomic E-state index is 11.9. The highest BCUT2D eigenvalue weighted by Gasteiger charge is 2.22. The molecule has 0 spiro atoms. The lowest BCUT2D eigenvalue weighted by atomic mass is 10.1. The first-order chi connectivity index (χ1) is 15.6. The highest BCUT2D eigenvalue weighted by atomic mass is 16.5. The van der Waals surface area contributed by atoms with E-state index in [0.29, 0.717) is 43.2 Å². The summed E-state index contributed by atoms with van der Waals surface area (Å²) in [4.78, 5) is 26.3. The smallest absolute Gasteiger partial charge is 0.252 e. The maximum absolute atomic E-state index is 11.9. The lowest BCUT2D eigenvalue weighted by molar-refractivity contribution is 0.100. The first-order valence-electron chi connectivity index (χ1n) is 10.6. The topological polar surface area (TPSA) is 107 Å². The number of aromatic nitrogens is 4. The van der Waals surface area contributed by atoms with Gasteiger partial charge in [-0.1, -0.05) is 30.3 Å². The number of rotatable bonds is 5. The van der Waals surface area contributed by atoms with E-state index in [-0.39, 0.29) is 0 Å². The lowest BCUT2D eigenvalue weighted by Gasteiger charge is -2.15. The van der Waals surface area contributed by atoms with Gasteiger partial charge in [0.1, 0.15) is 17.2 Å². The van der Waals surface area contributed by atoms with E-state index in [9.17, 15) is 4.79 Å². The molecule has 8 heteroatoms. The Bertz CT molecular complexity index is 1300. The number of aryl methyl sites for hydroxylation is 1. The number of nitrogens with two attached hydrogens (primary N) is 1. The molecule has 1 amide bonds. The molecule has 5 rings (SSSR count). The summed E-state index contributed by atoms with van der Waals surface area (Å²) in [5.41, 5.74) is 11.2. The monoisotopic (exact) mass is 428 g/mol. The highest BCUT2D eigenvalue weighted by Crippen LogP contribution is 2.29. The van der Waals surface area contributed by atoms with E-state index in [1.54, 1.807) is 12.1 Å². The van der Waals surface area contributed by atoms with E-state index < -0.39 is 5.91 Å². The number of fused-ring (bicyclic) bond motifs is 2. The second-order valence-electron chi connectivity index (χ2n) is 7.80. The summed E-state index contributed by atoms with van der Waals surface area (Å²) in [5.74, 6) is 0.852. The fraction of sp³-hybridized carbons (Fsp3) is 0.250. The number of carbonyl (C=O) groups excluding carboxylic acids is 1. The van der Waals surface area contributed by atoms with Crippen molar-refractivity contribution in [3.63, 3.8) is 0 Å². The Hall–Kier alpha value is -3.78. The Morgan fingerprint density at radius 3 is 2.72 bits per heavy atom. The zero-order valence-electron chi connectivity index (χ0n) is 17.8. The zero-order chi connectivity index (χ0) is 22.1. The van der Waals surface area contributed by atoms with E-state index in [2.05, 4.69) is 22.4 Å². The summed E-state index contributed by atoms with van der Waals surface area (Å²) in [5, 5.41) is 3.51. The number of nitrogens with one attached hydrogen (secondary N) is 1. The van der Waals surface area contributed by atoms with E-state index >= 15 is 0 Å². The fourth-order valence-corrected chi connectivity index (χ4v) is 4.12. The van der Waals surface area contributed by atoms with Crippen LogP contribution in [0.2, 0.25) is 0 Å². The third-order valence-electron chi connectivity index (χ3n) is 5.68. The predicted molar refractivity (Wildman–Crippen MR) is 121 cm³/mol. The van der Waals surface area contributed by atoms with Crippen molar-refractivity contribution in [3.8, 4) is 11.5 Å². The third-order valence-corrected chi connectivity index (χ3v) is 5.68. The van der Waals surface area contributed by atoms with Crippen molar-refractivity contribution in [3.05, 3.63) is 76.7 Å². The maximum Gasteiger partial charge on any atom is 0.252 e. The van der Waals surface area contributed by atoms with E-state index in [4.69, 9.17) is 20.4 Å². The summed E-state index contributed by atoms with van der Waals surface area (Å²) < 4.78 is 7.54. The molecule has 1 aliphatic rings. The van der Waals surface area contributed by atoms with Gasteiger partial charge in [-0.05, 0) is 24.6 Å². The molecule has 4 heterocycles. The summed E-state index contributed by atoms with van der Waals surface area (Å²) in [6.45, 7) is 3.82. The minimum absolute atomic E-state index is 0.368. The number of amides is 1. The molecule has 1 aliphatic heterocycles. The van der Waals surface area contributed by atoms with E-state index in [0.717, 1.165) is 34.9 Å². The first kappa shape index (κ1) is 20.1. The fourth-order valence-electron chi connectivity index (χ4n) is 4.12. The van der Waals surface area contributed by atoms with Gasteiger partial charge in [0.25, 0.3) is 5.91 Å². The third kappa shape index (κ3) is 3.69. The second-order valence-corrected chi connectivity index (χ2v) is 7.80. The number of ether oxygens (including phenoxy) is 1. The van der Waals surface area contributed by atoms with Crippen molar-refractivity contribution in [2.75, 3.05) is 18.5 Å². The van der Waals surface area contributed by atoms with Crippen LogP contribution in [0, 0.1) is 6.92 Å². The van der Waals surface area contributed by atoms with Gasteiger partial charge in [0.2, 0.25) is 0 Å². The van der Waals surface area contributed by atoms with Crippen LogP contribution in [0.25, 0.3) is 17.2 Å². The lowest BCUT2D eigenvalue weighted by Crippen LogP contribution is -2.13. The van der Waals surface area contributed by atoms with Crippen molar-refractivity contribution in [2.24, 2.45) is 5.73 Å². The second kappa shape index (κ2) is 8.39. The first-order valence-corrected chi connectivity index (χ1v) is 10.6. The van der Waals surface area contributed by atoms with Gasteiger partial charge < -0.3 is 15.8 Å². The van der Waals surface area contributed by atoms with Crippen LogP contribution in [-0.2, 0) is 24.1 Å². The molecule has 0 fully saturated rings. The van der Waals surface area contributed by atoms with Crippen LogP contribution >= 0.6 is 0 Å². The quantitative estimate of drug-likeness (QED) is 0.506. The molecule has 0 radical (unpaired) electrons. The van der Waals surface area contributed by atoms with E-state index in [1.807, 2.05) is 35.7 Å². The molecule has 0 unspecified atom stereocenters. The Kier molecular flexibility index (Phi) is 5.28. The van der Waals surface area contributed by atoms with Crippen LogP contribution in [-0.4, -0.2) is 38.5 Å². The molecular formula is C24H24N6O2. The normalized spacial score (nSPS) is 13.5. The summed E-state index contributed by atoms with van der Waals surface area (Å²) in [6.07, 6.45) is 3.32. The Morgan fingerprint density at radius 1 is 1.09 bits per heavy atom. The molecular weight excluding hydrogens is 404 g/mol. The summed E-state index contributed by atoms with van der Waals surface area (Å²) >= 11 is 0. The van der Waals surface area contributed by atoms with Gasteiger partial charge in [-0.3, -0.25) is 9.20 Å². The number of carbonyl (C=O) groups is 1. The molecule has 3 aromatic heterocycles. The van der Waals surface area contributed by atoms with Crippen LogP contribution in [0.1, 0.15) is 32.9 Å². The number of pyridine rings is 1. The van der Waals surface area contributed by atoms with Gasteiger partial charge in [-0.25, -0.2) is 15.0 Å². The van der Waals surface area contributed by atoms with Crippen molar-refractivity contribution in [2.45, 2.75) is 26.3 Å². The number of hydrogen-bond donors (Lipinski definition) is 2. The highest BCUT2D eigenvalue weighted by molar-refractivity contribution is 5.99. The number of benzene rings is 1. The molecule has 0 bridgehead atoms. The average molecular weight is 428 g/mol. The van der Waals surface area contributed by atoms with Gasteiger partial charge in [0.05, 0.1) is 30.2 Å². The molecule has 0 atom stereocenters. The molecule has 32 heavy (non-hydrogen) atoms. The van der Waals surface area contributed by atoms with Crippen molar-refractivity contribution in [1.29, 1.82) is 0 Å². The van der Waals surface area contributed by atoms with Gasteiger partial charge in [-0.2, -0.15) is 0 Å². The van der Waals surface area contributed by atoms with Crippen molar-refractivity contribution < 1.29 is 9.53 Å². The minimum atomic E-state index is -0.516. The Labute approximate surface area is 185 Å². The molecule has 162 valence electrons. The minimum Gasteiger partial charge on any atom is -0.381 e. The van der Waals surface area contributed by atoms with Gasteiger partial charge in [0, 0.05) is 31.1 Å². The summed E-state index contributed by atoms with van der Waals surface area (Å²) in [7, 11) is 0. The number of anilines is 1. The molecule has 4 aromatic rings. The summed E-state index contributed by atoms with van der Waals surface area (Å²) in [6, 6.07) is 13.7. The molecule has 0 saturated carbocycles. The number of nitrogens with zero attached hydrogens (tertiary/aromatic N) is 4. The zero-order valence-corrected chi connectivity index (χ0v) is 17.8. The van der Waals surface area contributed by atoms with Crippen molar-refractivity contribution >= 4 is 17.4 Å². The molecule has 0 saturated heterocycles. The van der Waals surface area contributed by atoms with Crippen molar-refractivity contribution in [1.82, 2.24) is 19.4 Å². The average Bonchev–Trinajstić information content (AvgIpc) is 2.96. The predicted octanol–water partition coefficient (Wildman–Crippen LogP) is 2.93. The Morgan fingerprint density at radius 2 is 1.91 bits per heavy atom. The standard InChI is InChI=1S/C24H24N6O2/c1-15-20(30-11-5-8-18(21(25)31)24(30)27-15)23-28-19-10-13-32-12-9-17(19)22(29-23)26-14-16-6-3-2-4-7-16/h2-8,11H,9-10,12-14H2,1H3,(H2,25,31)(H,26,28,29). The molecule has 3 N–H and O–H groups in total. The largest absolute Gasteiger partial charge is 0.381 e. The number of primary amides is 1. The number of hydrogen-bond acceptors (Lipinski definition) is 6. The molecule has 8 nitrogen and oxygen atoms in total. The van der Waals surface area contributed by atoms with Crippen LogP contribution in [0.4, 0.5) is 5.82 Å². The van der Waals surface area contributed by atoms with Crippen LogP contribution in [0.15, 0.2) is 48.7 Å².